The largest absolute Gasteiger partial charge is 0.393 e. The molecule has 0 radical (unpaired) electrons. The Balaban J connectivity index is 2.23. The minimum Gasteiger partial charge on any atom is -0.393 e. The molecule has 18 heavy (non-hydrogen) atoms. The van der Waals surface area contributed by atoms with E-state index in [0.717, 1.165) is 12.0 Å². The van der Waals surface area contributed by atoms with Crippen molar-refractivity contribution >= 4 is 17.5 Å². The van der Waals surface area contributed by atoms with Crippen LogP contribution in [-0.4, -0.2) is 23.7 Å². The van der Waals surface area contributed by atoms with E-state index in [9.17, 15) is 9.90 Å². The van der Waals surface area contributed by atoms with Crippen LogP contribution in [0.4, 0.5) is 0 Å². The summed E-state index contributed by atoms with van der Waals surface area (Å²) >= 11 is 6.01. The van der Waals surface area contributed by atoms with E-state index in [1.165, 1.54) is 0 Å². The number of halogens is 1. The van der Waals surface area contributed by atoms with Crippen LogP contribution in [0.3, 0.4) is 0 Å². The zero-order valence-corrected chi connectivity index (χ0v) is 11.4. The molecule has 4 heteroatoms. The Morgan fingerprint density at radius 3 is 2.83 bits per heavy atom. The first-order valence-electron chi connectivity index (χ1n) is 6.31. The maximum absolute atomic E-state index is 11.6. The lowest BCUT2D eigenvalue weighted by molar-refractivity contribution is -0.121. The lowest BCUT2D eigenvalue weighted by Gasteiger charge is -2.09. The fraction of sp³-hybridized carbons (Fsp3) is 0.500. The second-order valence-electron chi connectivity index (χ2n) is 4.29. The maximum atomic E-state index is 11.6. The van der Waals surface area contributed by atoms with E-state index in [0.29, 0.717) is 30.8 Å². The molecule has 0 fully saturated rings. The Morgan fingerprint density at radius 2 is 2.17 bits per heavy atom. The summed E-state index contributed by atoms with van der Waals surface area (Å²) < 4.78 is 0. The summed E-state index contributed by atoms with van der Waals surface area (Å²) in [5.74, 6) is -0.00165. The predicted octanol–water partition coefficient (Wildman–Crippen LogP) is 2.55. The molecule has 0 spiro atoms. The van der Waals surface area contributed by atoms with Crippen molar-refractivity contribution < 1.29 is 9.90 Å². The molecule has 0 saturated heterocycles. The summed E-state index contributed by atoms with van der Waals surface area (Å²) in [6, 6.07) is 7.54. The molecule has 0 aromatic heterocycles. The van der Waals surface area contributed by atoms with Gasteiger partial charge >= 0.3 is 0 Å². The summed E-state index contributed by atoms with van der Waals surface area (Å²) in [4.78, 5) is 11.6. The molecule has 1 amide bonds. The van der Waals surface area contributed by atoms with E-state index >= 15 is 0 Å². The molecule has 1 unspecified atom stereocenters. The van der Waals surface area contributed by atoms with Crippen molar-refractivity contribution in [2.75, 3.05) is 6.54 Å². The molecule has 1 rings (SSSR count). The smallest absolute Gasteiger partial charge is 0.220 e. The first kappa shape index (κ1) is 15.0. The first-order valence-corrected chi connectivity index (χ1v) is 6.69. The van der Waals surface area contributed by atoms with Gasteiger partial charge in [0.25, 0.3) is 0 Å². The van der Waals surface area contributed by atoms with Gasteiger partial charge < -0.3 is 10.4 Å². The average Bonchev–Trinajstić information content (AvgIpc) is 2.37. The number of rotatable bonds is 7. The number of hydrogen-bond donors (Lipinski definition) is 2. The van der Waals surface area contributed by atoms with E-state index in [1.54, 1.807) is 0 Å². The van der Waals surface area contributed by atoms with Gasteiger partial charge in [0.1, 0.15) is 0 Å². The minimum atomic E-state index is -0.325. The van der Waals surface area contributed by atoms with Crippen LogP contribution in [-0.2, 0) is 11.2 Å². The highest BCUT2D eigenvalue weighted by molar-refractivity contribution is 6.31. The third kappa shape index (κ3) is 5.52. The van der Waals surface area contributed by atoms with Crippen molar-refractivity contribution in [2.45, 2.75) is 38.7 Å². The van der Waals surface area contributed by atoms with Crippen molar-refractivity contribution in [3.8, 4) is 0 Å². The first-order chi connectivity index (χ1) is 8.63. The van der Waals surface area contributed by atoms with Crippen molar-refractivity contribution in [3.05, 3.63) is 34.9 Å². The van der Waals surface area contributed by atoms with Gasteiger partial charge in [0, 0.05) is 18.0 Å². The molecule has 1 aromatic carbocycles. The van der Waals surface area contributed by atoms with E-state index in [2.05, 4.69) is 5.32 Å². The number of hydrogen-bond acceptors (Lipinski definition) is 2. The SMILES string of the molecule is CCC(O)CCNC(=O)CCc1ccccc1Cl. The van der Waals surface area contributed by atoms with Crippen molar-refractivity contribution in [1.82, 2.24) is 5.32 Å². The monoisotopic (exact) mass is 269 g/mol. The molecular formula is C14H20ClNO2. The molecule has 0 aliphatic heterocycles. The van der Waals surface area contributed by atoms with E-state index < -0.39 is 0 Å². The number of nitrogens with one attached hydrogen (secondary N) is 1. The number of amides is 1. The van der Waals surface area contributed by atoms with Crippen LogP contribution < -0.4 is 5.32 Å². The van der Waals surface area contributed by atoms with Gasteiger partial charge in [-0.25, -0.2) is 0 Å². The highest BCUT2D eigenvalue weighted by Gasteiger charge is 2.05. The summed E-state index contributed by atoms with van der Waals surface area (Å²) in [5.41, 5.74) is 0.989. The maximum Gasteiger partial charge on any atom is 0.220 e. The average molecular weight is 270 g/mol. The fourth-order valence-electron chi connectivity index (χ4n) is 1.62. The molecular weight excluding hydrogens is 250 g/mol. The third-order valence-electron chi connectivity index (χ3n) is 2.85. The molecule has 0 saturated carbocycles. The van der Waals surface area contributed by atoms with Gasteiger partial charge in [-0.05, 0) is 30.9 Å². The van der Waals surface area contributed by atoms with Crippen molar-refractivity contribution in [3.63, 3.8) is 0 Å². The number of benzene rings is 1. The van der Waals surface area contributed by atoms with Crippen LogP contribution in [0, 0.1) is 0 Å². The molecule has 2 N–H and O–H groups in total. The van der Waals surface area contributed by atoms with Crippen LogP contribution >= 0.6 is 11.6 Å². The molecule has 100 valence electrons. The molecule has 1 aromatic rings. The molecule has 0 aliphatic rings. The summed E-state index contributed by atoms with van der Waals surface area (Å²) in [7, 11) is 0. The highest BCUT2D eigenvalue weighted by atomic mass is 35.5. The molecule has 0 aliphatic carbocycles. The number of carbonyl (C=O) groups is 1. The van der Waals surface area contributed by atoms with Gasteiger partial charge in [0.2, 0.25) is 5.91 Å². The van der Waals surface area contributed by atoms with Gasteiger partial charge in [0.15, 0.2) is 0 Å². The van der Waals surface area contributed by atoms with Crippen molar-refractivity contribution in [1.29, 1.82) is 0 Å². The Hall–Kier alpha value is -1.06. The Bertz CT molecular complexity index is 382. The molecule has 0 heterocycles. The Kier molecular flexibility index (Phi) is 6.76. The van der Waals surface area contributed by atoms with Crippen LogP contribution in [0.25, 0.3) is 0 Å². The third-order valence-corrected chi connectivity index (χ3v) is 3.22. The van der Waals surface area contributed by atoms with E-state index in [4.69, 9.17) is 11.6 Å². The Morgan fingerprint density at radius 1 is 1.44 bits per heavy atom. The zero-order valence-electron chi connectivity index (χ0n) is 10.7. The normalized spacial score (nSPS) is 12.2. The molecule has 1 atom stereocenters. The van der Waals surface area contributed by atoms with Crippen molar-refractivity contribution in [2.24, 2.45) is 0 Å². The van der Waals surface area contributed by atoms with Crippen LogP contribution in [0.1, 0.15) is 31.7 Å². The van der Waals surface area contributed by atoms with E-state index in [-0.39, 0.29) is 12.0 Å². The van der Waals surface area contributed by atoms with Gasteiger partial charge in [0.05, 0.1) is 6.10 Å². The van der Waals surface area contributed by atoms with Crippen LogP contribution in [0.15, 0.2) is 24.3 Å². The highest BCUT2D eigenvalue weighted by Crippen LogP contribution is 2.16. The fourth-order valence-corrected chi connectivity index (χ4v) is 1.85. The van der Waals surface area contributed by atoms with E-state index in [1.807, 2.05) is 31.2 Å². The minimum absolute atomic E-state index is 0.00165. The standard InChI is InChI=1S/C14H20ClNO2/c1-2-12(17)9-10-16-14(18)8-7-11-5-3-4-6-13(11)15/h3-6,12,17H,2,7-10H2,1H3,(H,16,18). The second kappa shape index (κ2) is 8.11. The van der Waals surface area contributed by atoms with Crippen LogP contribution in [0.5, 0.6) is 0 Å². The van der Waals surface area contributed by atoms with Gasteiger partial charge in [-0.1, -0.05) is 36.7 Å². The number of carbonyl (C=O) groups excluding carboxylic acids is 1. The summed E-state index contributed by atoms with van der Waals surface area (Å²) in [6.07, 6.45) is 2.06. The summed E-state index contributed by atoms with van der Waals surface area (Å²) in [5, 5.41) is 12.8. The number of aryl methyl sites for hydroxylation is 1. The lowest BCUT2D eigenvalue weighted by Crippen LogP contribution is -2.27. The molecule has 3 nitrogen and oxygen atoms in total. The van der Waals surface area contributed by atoms with Gasteiger partial charge in [-0.3, -0.25) is 4.79 Å². The van der Waals surface area contributed by atoms with Gasteiger partial charge in [-0.2, -0.15) is 0 Å². The van der Waals surface area contributed by atoms with Crippen LogP contribution in [0.2, 0.25) is 5.02 Å². The predicted molar refractivity (Wildman–Crippen MR) is 73.7 cm³/mol. The topological polar surface area (TPSA) is 49.3 Å². The molecule has 0 bridgehead atoms. The quantitative estimate of drug-likeness (QED) is 0.799. The zero-order chi connectivity index (χ0) is 13.4. The second-order valence-corrected chi connectivity index (χ2v) is 4.70. The number of aliphatic hydroxyl groups excluding tert-OH is 1. The lowest BCUT2D eigenvalue weighted by atomic mass is 10.1. The Labute approximate surface area is 113 Å². The van der Waals surface area contributed by atoms with Gasteiger partial charge in [-0.15, -0.1) is 0 Å². The summed E-state index contributed by atoms with van der Waals surface area (Å²) in [6.45, 7) is 2.44. The number of aliphatic hydroxyl groups is 1.